The standard InChI is InChI=1S/C19H25NS/c1-5-18(20)19(16-8-6-7-13(2)11-16)21-17-10-9-14(3)15(4)12-17/h6-12,18-19H,5,20H2,1-4H3. The summed E-state index contributed by atoms with van der Waals surface area (Å²) in [5.74, 6) is 0. The third-order valence-electron chi connectivity index (χ3n) is 3.97. The van der Waals surface area contributed by atoms with E-state index < -0.39 is 0 Å². The molecular formula is C19H25NS. The summed E-state index contributed by atoms with van der Waals surface area (Å²) in [6, 6.07) is 15.6. The zero-order valence-corrected chi connectivity index (χ0v) is 14.2. The molecule has 0 bridgehead atoms. The third-order valence-corrected chi connectivity index (χ3v) is 5.37. The van der Waals surface area contributed by atoms with Crippen molar-refractivity contribution in [2.24, 2.45) is 5.73 Å². The molecule has 0 radical (unpaired) electrons. The Morgan fingerprint density at radius 2 is 1.76 bits per heavy atom. The number of benzene rings is 2. The van der Waals surface area contributed by atoms with E-state index in [-0.39, 0.29) is 6.04 Å². The number of aryl methyl sites for hydroxylation is 3. The summed E-state index contributed by atoms with van der Waals surface area (Å²) < 4.78 is 0. The van der Waals surface area contributed by atoms with Crippen molar-refractivity contribution in [1.29, 1.82) is 0 Å². The summed E-state index contributed by atoms with van der Waals surface area (Å²) in [7, 11) is 0. The van der Waals surface area contributed by atoms with Gasteiger partial charge in [0.05, 0.1) is 0 Å². The van der Waals surface area contributed by atoms with Crippen molar-refractivity contribution in [3.05, 3.63) is 64.7 Å². The van der Waals surface area contributed by atoms with Gasteiger partial charge in [0.2, 0.25) is 0 Å². The Kier molecular flexibility index (Phi) is 5.49. The number of hydrogen-bond donors (Lipinski definition) is 1. The van der Waals surface area contributed by atoms with Gasteiger partial charge in [-0.2, -0.15) is 0 Å². The maximum atomic E-state index is 6.39. The van der Waals surface area contributed by atoms with E-state index in [1.165, 1.54) is 27.1 Å². The maximum absolute atomic E-state index is 6.39. The Morgan fingerprint density at radius 1 is 1.00 bits per heavy atom. The molecule has 1 nitrogen and oxygen atoms in total. The molecule has 0 aliphatic heterocycles. The van der Waals surface area contributed by atoms with E-state index in [1.807, 2.05) is 11.8 Å². The normalized spacial score (nSPS) is 14.0. The zero-order chi connectivity index (χ0) is 15.4. The average molecular weight is 299 g/mol. The second-order valence-electron chi connectivity index (χ2n) is 5.77. The van der Waals surface area contributed by atoms with Gasteiger partial charge in [0.15, 0.2) is 0 Å². The van der Waals surface area contributed by atoms with Crippen molar-refractivity contribution in [2.45, 2.75) is 50.3 Å². The van der Waals surface area contributed by atoms with Crippen LogP contribution in [0.3, 0.4) is 0 Å². The highest BCUT2D eigenvalue weighted by Gasteiger charge is 2.20. The van der Waals surface area contributed by atoms with Crippen LogP contribution in [0.25, 0.3) is 0 Å². The molecule has 2 heteroatoms. The van der Waals surface area contributed by atoms with Crippen LogP contribution in [0.4, 0.5) is 0 Å². The highest BCUT2D eigenvalue weighted by atomic mass is 32.2. The predicted octanol–water partition coefficient (Wildman–Crippen LogP) is 5.18. The van der Waals surface area contributed by atoms with E-state index >= 15 is 0 Å². The lowest BCUT2D eigenvalue weighted by atomic mass is 10.0. The second-order valence-corrected chi connectivity index (χ2v) is 6.99. The van der Waals surface area contributed by atoms with Crippen LogP contribution in [0.1, 0.15) is 40.8 Å². The molecule has 0 saturated carbocycles. The van der Waals surface area contributed by atoms with Gasteiger partial charge in [-0.1, -0.05) is 42.8 Å². The molecule has 2 unspecified atom stereocenters. The lowest BCUT2D eigenvalue weighted by molar-refractivity contribution is 0.634. The van der Waals surface area contributed by atoms with Gasteiger partial charge in [0.25, 0.3) is 0 Å². The molecule has 0 heterocycles. The summed E-state index contributed by atoms with van der Waals surface area (Å²) in [6.07, 6.45) is 0.983. The quantitative estimate of drug-likeness (QED) is 0.770. The number of nitrogens with two attached hydrogens (primary N) is 1. The van der Waals surface area contributed by atoms with Crippen LogP contribution in [0.15, 0.2) is 47.4 Å². The average Bonchev–Trinajstić information content (AvgIpc) is 2.47. The van der Waals surface area contributed by atoms with E-state index in [1.54, 1.807) is 0 Å². The van der Waals surface area contributed by atoms with Crippen molar-refractivity contribution >= 4 is 11.8 Å². The van der Waals surface area contributed by atoms with Gasteiger partial charge in [-0.05, 0) is 56.0 Å². The molecule has 0 aromatic heterocycles. The molecule has 21 heavy (non-hydrogen) atoms. The van der Waals surface area contributed by atoms with E-state index in [2.05, 4.69) is 70.2 Å². The lowest BCUT2D eigenvalue weighted by Gasteiger charge is -2.23. The molecule has 0 saturated heterocycles. The Hall–Kier alpha value is -1.25. The lowest BCUT2D eigenvalue weighted by Crippen LogP contribution is -2.25. The largest absolute Gasteiger partial charge is 0.326 e. The fourth-order valence-electron chi connectivity index (χ4n) is 2.40. The number of hydrogen-bond acceptors (Lipinski definition) is 2. The highest BCUT2D eigenvalue weighted by molar-refractivity contribution is 7.99. The van der Waals surface area contributed by atoms with Gasteiger partial charge >= 0.3 is 0 Å². The van der Waals surface area contributed by atoms with E-state index in [9.17, 15) is 0 Å². The van der Waals surface area contributed by atoms with Crippen LogP contribution in [0, 0.1) is 20.8 Å². The first-order valence-electron chi connectivity index (χ1n) is 7.57. The van der Waals surface area contributed by atoms with Crippen molar-refractivity contribution in [1.82, 2.24) is 0 Å². The van der Waals surface area contributed by atoms with Gasteiger partial charge in [-0.3, -0.25) is 0 Å². The first kappa shape index (κ1) is 16.1. The number of rotatable bonds is 5. The third kappa shape index (κ3) is 4.12. The molecule has 0 aliphatic carbocycles. The van der Waals surface area contributed by atoms with Crippen LogP contribution in [0.5, 0.6) is 0 Å². The van der Waals surface area contributed by atoms with Gasteiger partial charge < -0.3 is 5.73 Å². The monoisotopic (exact) mass is 299 g/mol. The van der Waals surface area contributed by atoms with Crippen molar-refractivity contribution < 1.29 is 0 Å². The molecule has 0 amide bonds. The van der Waals surface area contributed by atoms with Crippen LogP contribution in [0.2, 0.25) is 0 Å². The first-order chi connectivity index (χ1) is 10.0. The minimum absolute atomic E-state index is 0.165. The topological polar surface area (TPSA) is 26.0 Å². The SMILES string of the molecule is CCC(N)C(Sc1ccc(C)c(C)c1)c1cccc(C)c1. The van der Waals surface area contributed by atoms with Gasteiger partial charge in [0, 0.05) is 16.2 Å². The van der Waals surface area contributed by atoms with Crippen molar-refractivity contribution in [3.8, 4) is 0 Å². The zero-order valence-electron chi connectivity index (χ0n) is 13.4. The summed E-state index contributed by atoms with van der Waals surface area (Å²) in [5.41, 5.74) is 11.7. The Morgan fingerprint density at radius 3 is 2.38 bits per heavy atom. The van der Waals surface area contributed by atoms with Gasteiger partial charge in [-0.25, -0.2) is 0 Å². The molecule has 0 spiro atoms. The Bertz CT molecular complexity index is 606. The second kappa shape index (κ2) is 7.15. The highest BCUT2D eigenvalue weighted by Crippen LogP contribution is 2.38. The fourth-order valence-corrected chi connectivity index (χ4v) is 3.73. The van der Waals surface area contributed by atoms with Crippen LogP contribution < -0.4 is 5.73 Å². The van der Waals surface area contributed by atoms with Crippen LogP contribution >= 0.6 is 11.8 Å². The first-order valence-corrected chi connectivity index (χ1v) is 8.45. The Labute approximate surface area is 133 Å². The van der Waals surface area contributed by atoms with Gasteiger partial charge in [0.1, 0.15) is 0 Å². The van der Waals surface area contributed by atoms with E-state index in [4.69, 9.17) is 5.73 Å². The van der Waals surface area contributed by atoms with Gasteiger partial charge in [-0.15, -0.1) is 11.8 Å². The molecule has 2 rings (SSSR count). The molecule has 112 valence electrons. The van der Waals surface area contributed by atoms with Crippen LogP contribution in [-0.4, -0.2) is 6.04 Å². The summed E-state index contributed by atoms with van der Waals surface area (Å²) in [6.45, 7) is 8.62. The Balaban J connectivity index is 2.30. The minimum Gasteiger partial charge on any atom is -0.326 e. The summed E-state index contributed by atoms with van der Waals surface area (Å²) in [5, 5.41) is 0.303. The molecule has 2 atom stereocenters. The van der Waals surface area contributed by atoms with Crippen molar-refractivity contribution in [3.63, 3.8) is 0 Å². The molecular weight excluding hydrogens is 274 g/mol. The van der Waals surface area contributed by atoms with E-state index in [0.29, 0.717) is 5.25 Å². The summed E-state index contributed by atoms with van der Waals surface area (Å²) >= 11 is 1.88. The predicted molar refractivity (Wildman–Crippen MR) is 94.0 cm³/mol. The van der Waals surface area contributed by atoms with Crippen LogP contribution in [-0.2, 0) is 0 Å². The van der Waals surface area contributed by atoms with E-state index in [0.717, 1.165) is 6.42 Å². The van der Waals surface area contributed by atoms with Crippen molar-refractivity contribution in [2.75, 3.05) is 0 Å². The summed E-state index contributed by atoms with van der Waals surface area (Å²) in [4.78, 5) is 1.30. The maximum Gasteiger partial charge on any atom is 0.0495 e. The smallest absolute Gasteiger partial charge is 0.0495 e. The minimum atomic E-state index is 0.165. The molecule has 0 fully saturated rings. The fraction of sp³-hybridized carbons (Fsp3) is 0.368. The molecule has 2 aromatic carbocycles. The molecule has 0 aliphatic rings. The molecule has 2 N–H and O–H groups in total. The molecule has 2 aromatic rings. The number of thioether (sulfide) groups is 1.